The van der Waals surface area contributed by atoms with Crippen LogP contribution in [0.5, 0.6) is 6.01 Å². The number of carbonyl (C=O) groups is 2. The first-order valence-corrected chi connectivity index (χ1v) is 6.22. The third-order valence-corrected chi connectivity index (χ3v) is 2.52. The van der Waals surface area contributed by atoms with E-state index >= 15 is 0 Å². The fourth-order valence-electron chi connectivity index (χ4n) is 1.69. The number of nitrogen functional groups attached to an aromatic ring is 1. The van der Waals surface area contributed by atoms with Crippen molar-refractivity contribution in [1.29, 1.82) is 0 Å². The molecule has 9 nitrogen and oxygen atoms in total. The van der Waals surface area contributed by atoms with Gasteiger partial charge in [-0.25, -0.2) is 0 Å². The summed E-state index contributed by atoms with van der Waals surface area (Å²) in [5.41, 5.74) is 5.56. The molecule has 0 spiro atoms. The zero-order valence-corrected chi connectivity index (χ0v) is 11.2. The molecular weight excluding hydrogens is 264 g/mol. The van der Waals surface area contributed by atoms with E-state index in [9.17, 15) is 9.59 Å². The largest absolute Gasteiger partial charge is 0.461 e. The molecule has 1 aliphatic heterocycles. The Morgan fingerprint density at radius 2 is 2.10 bits per heavy atom. The third kappa shape index (κ3) is 3.53. The van der Waals surface area contributed by atoms with E-state index in [1.807, 2.05) is 13.8 Å². The summed E-state index contributed by atoms with van der Waals surface area (Å²) in [6.45, 7) is 3.65. The number of nitrogens with zero attached hydrogens (tertiary/aromatic N) is 3. The number of piperidine rings is 1. The Morgan fingerprint density at radius 3 is 2.75 bits per heavy atom. The highest BCUT2D eigenvalue weighted by Gasteiger charge is 2.27. The van der Waals surface area contributed by atoms with Crippen molar-refractivity contribution in [2.24, 2.45) is 0 Å². The molecule has 1 unspecified atom stereocenters. The Labute approximate surface area is 115 Å². The average molecular weight is 280 g/mol. The second-order valence-corrected chi connectivity index (χ2v) is 4.61. The van der Waals surface area contributed by atoms with Crippen LogP contribution in [-0.4, -0.2) is 38.9 Å². The number of carbonyl (C=O) groups excluding carboxylic acids is 2. The summed E-state index contributed by atoms with van der Waals surface area (Å²) in [7, 11) is 0. The third-order valence-electron chi connectivity index (χ3n) is 2.52. The van der Waals surface area contributed by atoms with Gasteiger partial charge >= 0.3 is 6.01 Å². The molecule has 0 radical (unpaired) electrons. The van der Waals surface area contributed by atoms with Crippen LogP contribution in [0.1, 0.15) is 26.7 Å². The minimum atomic E-state index is -0.582. The van der Waals surface area contributed by atoms with Crippen molar-refractivity contribution in [2.75, 3.05) is 11.1 Å². The molecule has 1 aromatic rings. The first-order chi connectivity index (χ1) is 9.44. The molecule has 0 aliphatic carbocycles. The summed E-state index contributed by atoms with van der Waals surface area (Å²) in [5, 5.41) is 5.06. The summed E-state index contributed by atoms with van der Waals surface area (Å²) >= 11 is 0. The molecule has 108 valence electrons. The first-order valence-electron chi connectivity index (χ1n) is 6.22. The zero-order valence-electron chi connectivity index (χ0n) is 11.2. The zero-order chi connectivity index (χ0) is 14.7. The number of ether oxygens (including phenoxy) is 1. The monoisotopic (exact) mass is 280 g/mol. The number of nitrogens with one attached hydrogen (secondary N) is 2. The van der Waals surface area contributed by atoms with Crippen LogP contribution in [0.15, 0.2) is 0 Å². The normalized spacial score (nSPS) is 18.9. The molecule has 4 N–H and O–H groups in total. The molecule has 2 amide bonds. The van der Waals surface area contributed by atoms with Gasteiger partial charge in [0.15, 0.2) is 0 Å². The van der Waals surface area contributed by atoms with E-state index in [2.05, 4.69) is 25.6 Å². The lowest BCUT2D eigenvalue weighted by Gasteiger charge is -2.21. The topological polar surface area (TPSA) is 132 Å². The van der Waals surface area contributed by atoms with Crippen LogP contribution in [0.3, 0.4) is 0 Å². The first kappa shape index (κ1) is 14.0. The number of amides is 2. The van der Waals surface area contributed by atoms with Crippen molar-refractivity contribution < 1.29 is 14.3 Å². The van der Waals surface area contributed by atoms with Gasteiger partial charge in [0.2, 0.25) is 23.7 Å². The minimum absolute atomic E-state index is 0.00885. The van der Waals surface area contributed by atoms with Crippen LogP contribution in [-0.2, 0) is 9.59 Å². The minimum Gasteiger partial charge on any atom is -0.461 e. The second kappa shape index (κ2) is 5.68. The van der Waals surface area contributed by atoms with E-state index < -0.39 is 11.9 Å². The van der Waals surface area contributed by atoms with Crippen LogP contribution in [0, 0.1) is 0 Å². The van der Waals surface area contributed by atoms with Gasteiger partial charge in [-0.1, -0.05) is 0 Å². The predicted octanol–water partition coefficient (Wildman–Crippen LogP) is -0.542. The van der Waals surface area contributed by atoms with Gasteiger partial charge in [0.1, 0.15) is 6.04 Å². The van der Waals surface area contributed by atoms with Gasteiger partial charge in [0.05, 0.1) is 6.10 Å². The van der Waals surface area contributed by atoms with Gasteiger partial charge in [-0.05, 0) is 20.3 Å². The number of rotatable bonds is 4. The van der Waals surface area contributed by atoms with Crippen molar-refractivity contribution in [3.05, 3.63) is 0 Å². The van der Waals surface area contributed by atoms with Crippen molar-refractivity contribution in [2.45, 2.75) is 38.8 Å². The summed E-state index contributed by atoms with van der Waals surface area (Å²) in [5.74, 6) is -0.563. The van der Waals surface area contributed by atoms with Gasteiger partial charge in [-0.15, -0.1) is 0 Å². The Hall–Kier alpha value is -2.45. The summed E-state index contributed by atoms with van der Waals surface area (Å²) < 4.78 is 5.33. The maximum atomic E-state index is 11.6. The summed E-state index contributed by atoms with van der Waals surface area (Å²) in [6, 6.07) is -0.497. The Balaban J connectivity index is 2.10. The van der Waals surface area contributed by atoms with Gasteiger partial charge in [0.25, 0.3) is 0 Å². The van der Waals surface area contributed by atoms with E-state index in [1.165, 1.54) is 0 Å². The number of nitrogens with two attached hydrogens (primary N) is 1. The molecule has 1 saturated heterocycles. The fraction of sp³-hybridized carbons (Fsp3) is 0.545. The van der Waals surface area contributed by atoms with E-state index in [0.29, 0.717) is 6.42 Å². The van der Waals surface area contributed by atoms with Crippen LogP contribution in [0.2, 0.25) is 0 Å². The summed E-state index contributed by atoms with van der Waals surface area (Å²) in [4.78, 5) is 34.4. The maximum absolute atomic E-state index is 11.6. The van der Waals surface area contributed by atoms with E-state index in [1.54, 1.807) is 0 Å². The van der Waals surface area contributed by atoms with Crippen molar-refractivity contribution >= 4 is 23.7 Å². The lowest BCUT2D eigenvalue weighted by Crippen LogP contribution is -2.47. The van der Waals surface area contributed by atoms with Crippen LogP contribution in [0.25, 0.3) is 0 Å². The van der Waals surface area contributed by atoms with Gasteiger partial charge in [0, 0.05) is 6.42 Å². The molecule has 0 bridgehead atoms. The van der Waals surface area contributed by atoms with Crippen molar-refractivity contribution in [3.8, 4) is 6.01 Å². The Bertz CT molecular complexity index is 533. The standard InChI is InChI=1S/C11H16N6O3/c1-5(2)20-11-16-9(12)15-10(17-11)13-6-3-4-7(18)14-8(6)19/h5-6H,3-4H2,1-2H3,(H,14,18,19)(H3,12,13,15,16,17). The van der Waals surface area contributed by atoms with Crippen LogP contribution >= 0.6 is 0 Å². The lowest BCUT2D eigenvalue weighted by atomic mass is 10.1. The molecule has 1 aromatic heterocycles. The van der Waals surface area contributed by atoms with Crippen molar-refractivity contribution in [3.63, 3.8) is 0 Å². The van der Waals surface area contributed by atoms with Gasteiger partial charge < -0.3 is 15.8 Å². The molecule has 9 heteroatoms. The average Bonchev–Trinajstić information content (AvgIpc) is 2.31. The predicted molar refractivity (Wildman–Crippen MR) is 69.8 cm³/mol. The van der Waals surface area contributed by atoms with Crippen LogP contribution in [0.4, 0.5) is 11.9 Å². The van der Waals surface area contributed by atoms with Gasteiger partial charge in [-0.2, -0.15) is 15.0 Å². The van der Waals surface area contributed by atoms with E-state index in [4.69, 9.17) is 10.5 Å². The highest BCUT2D eigenvalue weighted by molar-refractivity contribution is 6.01. The Kier molecular flexibility index (Phi) is 3.97. The lowest BCUT2D eigenvalue weighted by molar-refractivity contribution is -0.133. The Morgan fingerprint density at radius 1 is 1.35 bits per heavy atom. The fourth-order valence-corrected chi connectivity index (χ4v) is 1.69. The molecule has 2 heterocycles. The molecule has 1 atom stereocenters. The maximum Gasteiger partial charge on any atom is 0.323 e. The molecular formula is C11H16N6O3. The van der Waals surface area contributed by atoms with Gasteiger partial charge in [-0.3, -0.25) is 14.9 Å². The molecule has 0 aromatic carbocycles. The molecule has 0 saturated carbocycles. The highest BCUT2D eigenvalue weighted by atomic mass is 16.5. The number of aromatic nitrogens is 3. The SMILES string of the molecule is CC(C)Oc1nc(N)nc(NC2CCC(=O)NC2=O)n1. The molecule has 1 aliphatic rings. The number of hydrogen-bond donors (Lipinski definition) is 3. The smallest absolute Gasteiger partial charge is 0.323 e. The quantitative estimate of drug-likeness (QED) is 0.626. The molecule has 1 fully saturated rings. The number of hydrogen-bond acceptors (Lipinski definition) is 8. The number of anilines is 2. The van der Waals surface area contributed by atoms with E-state index in [-0.39, 0.29) is 36.3 Å². The second-order valence-electron chi connectivity index (χ2n) is 4.61. The van der Waals surface area contributed by atoms with Crippen molar-refractivity contribution in [1.82, 2.24) is 20.3 Å². The summed E-state index contributed by atoms with van der Waals surface area (Å²) in [6.07, 6.45) is 0.524. The van der Waals surface area contributed by atoms with Crippen LogP contribution < -0.4 is 21.1 Å². The molecule has 20 heavy (non-hydrogen) atoms. The molecule has 2 rings (SSSR count). The highest BCUT2D eigenvalue weighted by Crippen LogP contribution is 2.14. The van der Waals surface area contributed by atoms with E-state index in [0.717, 1.165) is 0 Å². The number of imide groups is 1.